The second kappa shape index (κ2) is 11.0. The Kier molecular flexibility index (Phi) is 7.77. The quantitative estimate of drug-likeness (QED) is 0.481. The van der Waals surface area contributed by atoms with Gasteiger partial charge in [-0.25, -0.2) is 8.42 Å². The van der Waals surface area contributed by atoms with E-state index < -0.39 is 22.0 Å². The first-order valence-electron chi connectivity index (χ1n) is 14.2. The van der Waals surface area contributed by atoms with E-state index in [1.165, 1.54) is 60.3 Å². The zero-order chi connectivity index (χ0) is 27.8. The molecule has 210 valence electrons. The van der Waals surface area contributed by atoms with Gasteiger partial charge < -0.3 is 10.2 Å². The Morgan fingerprint density at radius 1 is 0.949 bits per heavy atom. The molecule has 0 aliphatic heterocycles. The van der Waals surface area contributed by atoms with Gasteiger partial charge in [0.1, 0.15) is 12.6 Å². The number of amides is 2. The molecular formula is C31H41N3O4S. The van der Waals surface area contributed by atoms with Crippen LogP contribution in [0, 0.1) is 17.8 Å². The molecule has 8 heteroatoms. The number of anilines is 1. The number of carbonyl (C=O) groups excluding carboxylic acids is 2. The summed E-state index contributed by atoms with van der Waals surface area (Å²) in [4.78, 5) is 27.6. The van der Waals surface area contributed by atoms with Crippen LogP contribution in [-0.4, -0.2) is 57.6 Å². The molecule has 1 N–H and O–H groups in total. The fourth-order valence-electron chi connectivity index (χ4n) is 7.84. The topological polar surface area (TPSA) is 86.8 Å². The van der Waals surface area contributed by atoms with Gasteiger partial charge >= 0.3 is 0 Å². The van der Waals surface area contributed by atoms with Crippen LogP contribution in [0.1, 0.15) is 56.6 Å². The molecule has 39 heavy (non-hydrogen) atoms. The summed E-state index contributed by atoms with van der Waals surface area (Å²) in [6.45, 7) is 1.62. The maximum absolute atomic E-state index is 13.6. The lowest BCUT2D eigenvalue weighted by molar-refractivity contribution is -0.138. The summed E-state index contributed by atoms with van der Waals surface area (Å²) in [7, 11) is -2.20. The van der Waals surface area contributed by atoms with Gasteiger partial charge in [0, 0.05) is 13.6 Å². The van der Waals surface area contributed by atoms with Crippen molar-refractivity contribution in [3.8, 4) is 0 Å². The number of sulfonamides is 1. The first kappa shape index (κ1) is 27.7. The van der Waals surface area contributed by atoms with Gasteiger partial charge in [-0.2, -0.15) is 0 Å². The third-order valence-electron chi connectivity index (χ3n) is 9.38. The van der Waals surface area contributed by atoms with Gasteiger partial charge in [-0.3, -0.25) is 13.9 Å². The molecule has 0 saturated heterocycles. The standard InChI is InChI=1S/C31H41N3O4S/c1-22(30(36)32-2)33(14-13-23-7-5-4-6-8-23)29(35)21-34(39(3,37)38)28-11-9-27(10-12-28)31-18-24-15-25(19-31)17-26(16-24)20-31/h4-12,22,24-26H,13-21H2,1-3H3,(H,32,36)/t22-,24?,25?,26?,31?/m0/s1. The maximum atomic E-state index is 13.6. The lowest BCUT2D eigenvalue weighted by Gasteiger charge is -2.57. The molecule has 0 radical (unpaired) electrons. The molecule has 2 amide bonds. The summed E-state index contributed by atoms with van der Waals surface area (Å²) in [5.74, 6) is 1.78. The van der Waals surface area contributed by atoms with E-state index in [1.54, 1.807) is 6.92 Å². The average molecular weight is 552 g/mol. The van der Waals surface area contributed by atoms with Gasteiger partial charge in [0.05, 0.1) is 11.9 Å². The van der Waals surface area contributed by atoms with Gasteiger partial charge in [0.25, 0.3) is 0 Å². The number of rotatable bonds is 10. The first-order chi connectivity index (χ1) is 18.6. The smallest absolute Gasteiger partial charge is 0.244 e. The number of benzene rings is 2. The molecule has 4 aliphatic rings. The Hall–Kier alpha value is -2.87. The molecule has 1 atom stereocenters. The molecular weight excluding hydrogens is 510 g/mol. The zero-order valence-corrected chi connectivity index (χ0v) is 24.1. The third-order valence-corrected chi connectivity index (χ3v) is 10.5. The summed E-state index contributed by atoms with van der Waals surface area (Å²) < 4.78 is 27.0. The third kappa shape index (κ3) is 5.86. The first-order valence-corrected chi connectivity index (χ1v) is 16.1. The Labute approximate surface area is 233 Å². The minimum absolute atomic E-state index is 0.218. The zero-order valence-electron chi connectivity index (χ0n) is 23.3. The van der Waals surface area contributed by atoms with E-state index in [0.29, 0.717) is 18.7 Å². The van der Waals surface area contributed by atoms with E-state index in [2.05, 4.69) is 17.4 Å². The Balaban J connectivity index is 1.35. The molecule has 2 aromatic rings. The molecule has 4 aliphatic carbocycles. The predicted molar refractivity (Wildman–Crippen MR) is 154 cm³/mol. The Morgan fingerprint density at radius 3 is 2.03 bits per heavy atom. The van der Waals surface area contributed by atoms with E-state index in [1.807, 2.05) is 42.5 Å². The van der Waals surface area contributed by atoms with E-state index in [-0.39, 0.29) is 17.9 Å². The van der Waals surface area contributed by atoms with Crippen LogP contribution in [0.15, 0.2) is 54.6 Å². The molecule has 4 saturated carbocycles. The van der Waals surface area contributed by atoms with Crippen molar-refractivity contribution in [2.24, 2.45) is 17.8 Å². The number of nitrogens with one attached hydrogen (secondary N) is 1. The summed E-state index contributed by atoms with van der Waals surface area (Å²) in [6, 6.07) is 16.9. The summed E-state index contributed by atoms with van der Waals surface area (Å²) >= 11 is 0. The van der Waals surface area contributed by atoms with Crippen molar-refractivity contribution < 1.29 is 18.0 Å². The maximum Gasteiger partial charge on any atom is 0.244 e. The molecule has 0 aromatic heterocycles. The normalized spacial score (nSPS) is 26.2. The van der Waals surface area contributed by atoms with Crippen LogP contribution >= 0.6 is 0 Å². The highest BCUT2D eigenvalue weighted by Gasteiger charge is 2.51. The Bertz CT molecular complexity index is 1260. The van der Waals surface area contributed by atoms with Crippen LogP contribution in [0.5, 0.6) is 0 Å². The molecule has 0 unspecified atom stereocenters. The van der Waals surface area contributed by atoms with Crippen molar-refractivity contribution >= 4 is 27.5 Å². The van der Waals surface area contributed by atoms with E-state index in [4.69, 9.17) is 0 Å². The van der Waals surface area contributed by atoms with Gasteiger partial charge in [0.2, 0.25) is 21.8 Å². The highest BCUT2D eigenvalue weighted by atomic mass is 32.2. The molecule has 4 fully saturated rings. The predicted octanol–water partition coefficient (Wildman–Crippen LogP) is 4.13. The average Bonchev–Trinajstić information content (AvgIpc) is 2.90. The van der Waals surface area contributed by atoms with Crippen LogP contribution < -0.4 is 9.62 Å². The van der Waals surface area contributed by atoms with E-state index >= 15 is 0 Å². The molecule has 0 heterocycles. The van der Waals surface area contributed by atoms with Crippen LogP contribution in [0.4, 0.5) is 5.69 Å². The summed E-state index contributed by atoms with van der Waals surface area (Å²) in [5, 5.41) is 2.61. The van der Waals surface area contributed by atoms with Crippen LogP contribution in [0.25, 0.3) is 0 Å². The highest BCUT2D eigenvalue weighted by Crippen LogP contribution is 2.60. The van der Waals surface area contributed by atoms with Crippen molar-refractivity contribution in [3.05, 3.63) is 65.7 Å². The molecule has 6 rings (SSSR count). The van der Waals surface area contributed by atoms with Crippen molar-refractivity contribution in [3.63, 3.8) is 0 Å². The van der Waals surface area contributed by atoms with Crippen molar-refractivity contribution in [1.82, 2.24) is 10.2 Å². The van der Waals surface area contributed by atoms with E-state index in [9.17, 15) is 18.0 Å². The van der Waals surface area contributed by atoms with Crippen LogP contribution in [0.3, 0.4) is 0 Å². The van der Waals surface area contributed by atoms with Crippen molar-refractivity contribution in [2.45, 2.75) is 63.3 Å². The monoisotopic (exact) mass is 551 g/mol. The minimum Gasteiger partial charge on any atom is -0.357 e. The summed E-state index contributed by atoms with van der Waals surface area (Å²) in [5.41, 5.74) is 3.05. The van der Waals surface area contributed by atoms with Crippen molar-refractivity contribution in [2.75, 3.05) is 30.7 Å². The lowest BCUT2D eigenvalue weighted by atomic mass is 9.48. The highest BCUT2D eigenvalue weighted by molar-refractivity contribution is 7.92. The van der Waals surface area contributed by atoms with Gasteiger partial charge in [-0.05, 0) is 98.3 Å². The number of hydrogen-bond donors (Lipinski definition) is 1. The van der Waals surface area contributed by atoms with Gasteiger partial charge in [-0.15, -0.1) is 0 Å². The molecule has 4 bridgehead atoms. The summed E-state index contributed by atoms with van der Waals surface area (Å²) in [6.07, 6.45) is 9.51. The largest absolute Gasteiger partial charge is 0.357 e. The Morgan fingerprint density at radius 2 is 1.51 bits per heavy atom. The van der Waals surface area contributed by atoms with Gasteiger partial charge in [0.15, 0.2) is 0 Å². The van der Waals surface area contributed by atoms with E-state index in [0.717, 1.165) is 29.6 Å². The second-order valence-electron chi connectivity index (χ2n) is 12.1. The number of nitrogens with zero attached hydrogens (tertiary/aromatic N) is 2. The molecule has 7 nitrogen and oxygen atoms in total. The number of likely N-dealkylation sites (N-methyl/N-ethyl adjacent to an activating group) is 1. The van der Waals surface area contributed by atoms with Crippen LogP contribution in [0.2, 0.25) is 0 Å². The second-order valence-corrected chi connectivity index (χ2v) is 14.0. The van der Waals surface area contributed by atoms with Crippen molar-refractivity contribution in [1.29, 1.82) is 0 Å². The molecule has 0 spiro atoms. The van der Waals surface area contributed by atoms with Crippen LogP contribution in [-0.2, 0) is 31.4 Å². The SMILES string of the molecule is CNC(=O)[C@H](C)N(CCc1ccccc1)C(=O)CN(c1ccc(C23CC4CC(CC(C4)C2)C3)cc1)S(C)(=O)=O. The number of carbonyl (C=O) groups is 2. The lowest BCUT2D eigenvalue weighted by Crippen LogP contribution is -2.51. The molecule has 2 aromatic carbocycles. The minimum atomic E-state index is -3.74. The fourth-order valence-corrected chi connectivity index (χ4v) is 8.69. The fraction of sp³-hybridized carbons (Fsp3) is 0.548. The van der Waals surface area contributed by atoms with Gasteiger partial charge in [-0.1, -0.05) is 42.5 Å². The number of hydrogen-bond acceptors (Lipinski definition) is 4.